The second-order valence-electron chi connectivity index (χ2n) is 6.69. The molecule has 19 heavy (non-hydrogen) atoms. The van der Waals surface area contributed by atoms with Gasteiger partial charge in [0.15, 0.2) is 0 Å². The van der Waals surface area contributed by atoms with E-state index in [-0.39, 0.29) is 11.5 Å². The summed E-state index contributed by atoms with van der Waals surface area (Å²) in [4.78, 5) is 0. The van der Waals surface area contributed by atoms with E-state index in [0.717, 1.165) is 19.6 Å². The van der Waals surface area contributed by atoms with E-state index in [1.807, 2.05) is 0 Å². The summed E-state index contributed by atoms with van der Waals surface area (Å²) in [7, 11) is 0. The zero-order chi connectivity index (χ0) is 14.6. The van der Waals surface area contributed by atoms with Gasteiger partial charge in [-0.2, -0.15) is 0 Å². The summed E-state index contributed by atoms with van der Waals surface area (Å²) in [6, 6.07) is 0. The van der Waals surface area contributed by atoms with Crippen LogP contribution in [0.4, 0.5) is 0 Å². The van der Waals surface area contributed by atoms with Crippen LogP contribution in [0.25, 0.3) is 0 Å². The minimum absolute atomic E-state index is 0.263. The molecule has 3 nitrogen and oxygen atoms in total. The average molecular weight is 273 g/mol. The number of unbranched alkanes of at least 4 members (excludes halogenated alkanes) is 5. The Bertz CT molecular complexity index is 190. The molecule has 0 fully saturated rings. The molecule has 0 amide bonds. The third kappa shape index (κ3) is 15.8. The number of hydrogen-bond donors (Lipinski definition) is 2. The molecule has 0 aromatic heterocycles. The van der Waals surface area contributed by atoms with Gasteiger partial charge in [0, 0.05) is 19.7 Å². The van der Waals surface area contributed by atoms with Crippen LogP contribution in [0.2, 0.25) is 0 Å². The van der Waals surface area contributed by atoms with Crippen molar-refractivity contribution in [1.82, 2.24) is 5.32 Å². The molecule has 3 heteroatoms. The topological polar surface area (TPSA) is 41.5 Å². The van der Waals surface area contributed by atoms with E-state index in [4.69, 9.17) is 4.74 Å². The van der Waals surface area contributed by atoms with Crippen LogP contribution in [-0.4, -0.2) is 37.5 Å². The van der Waals surface area contributed by atoms with Crippen molar-refractivity contribution in [2.75, 3.05) is 26.3 Å². The highest BCUT2D eigenvalue weighted by Crippen LogP contribution is 2.10. The monoisotopic (exact) mass is 273 g/mol. The van der Waals surface area contributed by atoms with Gasteiger partial charge in [-0.3, -0.25) is 0 Å². The molecule has 0 heterocycles. The Kier molecular flexibility index (Phi) is 11.6. The molecule has 0 saturated carbocycles. The van der Waals surface area contributed by atoms with Crippen LogP contribution in [0.15, 0.2) is 0 Å². The van der Waals surface area contributed by atoms with Crippen LogP contribution in [0.1, 0.15) is 66.2 Å². The fourth-order valence-corrected chi connectivity index (χ4v) is 1.88. The highest BCUT2D eigenvalue weighted by atomic mass is 16.5. The van der Waals surface area contributed by atoms with Crippen molar-refractivity contribution >= 4 is 0 Å². The first-order valence-corrected chi connectivity index (χ1v) is 7.92. The van der Waals surface area contributed by atoms with Gasteiger partial charge in [0.1, 0.15) is 0 Å². The Balaban J connectivity index is 3.23. The predicted octanol–water partition coefficient (Wildman–Crippen LogP) is 3.36. The van der Waals surface area contributed by atoms with Crippen molar-refractivity contribution in [2.45, 2.75) is 72.3 Å². The van der Waals surface area contributed by atoms with Crippen molar-refractivity contribution in [3.63, 3.8) is 0 Å². The van der Waals surface area contributed by atoms with Gasteiger partial charge in [-0.15, -0.1) is 0 Å². The molecule has 0 aliphatic heterocycles. The van der Waals surface area contributed by atoms with Crippen molar-refractivity contribution in [1.29, 1.82) is 0 Å². The molecule has 2 N–H and O–H groups in total. The van der Waals surface area contributed by atoms with E-state index < -0.39 is 0 Å². The maximum atomic E-state index is 9.73. The quantitative estimate of drug-likeness (QED) is 0.536. The van der Waals surface area contributed by atoms with Gasteiger partial charge in [-0.05, 0) is 11.8 Å². The van der Waals surface area contributed by atoms with Crippen LogP contribution in [0, 0.1) is 5.41 Å². The summed E-state index contributed by atoms with van der Waals surface area (Å²) >= 11 is 0. The Labute approximate surface area is 120 Å². The number of ether oxygens (including phenoxy) is 1. The van der Waals surface area contributed by atoms with E-state index in [9.17, 15) is 5.11 Å². The summed E-state index contributed by atoms with van der Waals surface area (Å²) in [5.41, 5.74) is 0.263. The standard InChI is InChI=1S/C16H35NO2/c1-5-6-7-8-9-10-11-19-13-15(18)12-17-14-16(2,3)4/h15,17-18H,5-14H2,1-4H3. The second-order valence-corrected chi connectivity index (χ2v) is 6.69. The van der Waals surface area contributed by atoms with Crippen molar-refractivity contribution < 1.29 is 9.84 Å². The molecule has 116 valence electrons. The van der Waals surface area contributed by atoms with Gasteiger partial charge in [0.25, 0.3) is 0 Å². The summed E-state index contributed by atoms with van der Waals surface area (Å²) < 4.78 is 5.49. The summed E-state index contributed by atoms with van der Waals surface area (Å²) in [6.07, 6.45) is 7.28. The minimum Gasteiger partial charge on any atom is -0.389 e. The molecule has 0 aliphatic carbocycles. The Hall–Kier alpha value is -0.120. The molecule has 0 radical (unpaired) electrons. The molecule has 1 unspecified atom stereocenters. The summed E-state index contributed by atoms with van der Waals surface area (Å²) in [6.45, 7) is 11.5. The van der Waals surface area contributed by atoms with Crippen LogP contribution in [0.5, 0.6) is 0 Å². The largest absolute Gasteiger partial charge is 0.389 e. The lowest BCUT2D eigenvalue weighted by atomic mass is 9.97. The van der Waals surface area contributed by atoms with Crippen molar-refractivity contribution in [3.05, 3.63) is 0 Å². The molecular weight excluding hydrogens is 238 g/mol. The van der Waals surface area contributed by atoms with Crippen LogP contribution >= 0.6 is 0 Å². The van der Waals surface area contributed by atoms with Gasteiger partial charge < -0.3 is 15.2 Å². The number of nitrogens with one attached hydrogen (secondary N) is 1. The highest BCUT2D eigenvalue weighted by molar-refractivity contribution is 4.67. The lowest BCUT2D eigenvalue weighted by Gasteiger charge is -2.20. The molecule has 0 aromatic carbocycles. The maximum absolute atomic E-state index is 9.73. The zero-order valence-corrected chi connectivity index (χ0v) is 13.5. The van der Waals surface area contributed by atoms with E-state index in [1.165, 1.54) is 32.1 Å². The number of aliphatic hydroxyl groups is 1. The van der Waals surface area contributed by atoms with E-state index in [2.05, 4.69) is 33.0 Å². The van der Waals surface area contributed by atoms with Crippen LogP contribution < -0.4 is 5.32 Å². The smallest absolute Gasteiger partial charge is 0.0897 e. The molecule has 0 bridgehead atoms. The van der Waals surface area contributed by atoms with E-state index in [0.29, 0.717) is 13.2 Å². The number of hydrogen-bond acceptors (Lipinski definition) is 3. The minimum atomic E-state index is -0.387. The number of rotatable bonds is 12. The fourth-order valence-electron chi connectivity index (χ4n) is 1.88. The second kappa shape index (κ2) is 11.7. The van der Waals surface area contributed by atoms with Crippen LogP contribution in [0.3, 0.4) is 0 Å². The maximum Gasteiger partial charge on any atom is 0.0897 e. The van der Waals surface area contributed by atoms with Gasteiger partial charge in [-0.25, -0.2) is 0 Å². The summed E-state index contributed by atoms with van der Waals surface area (Å²) in [5, 5.41) is 13.0. The van der Waals surface area contributed by atoms with Crippen molar-refractivity contribution in [2.24, 2.45) is 5.41 Å². The van der Waals surface area contributed by atoms with Gasteiger partial charge >= 0.3 is 0 Å². The van der Waals surface area contributed by atoms with E-state index >= 15 is 0 Å². The molecular formula is C16H35NO2. The Morgan fingerprint density at radius 1 is 1.05 bits per heavy atom. The Morgan fingerprint density at radius 2 is 1.68 bits per heavy atom. The SMILES string of the molecule is CCCCCCCCOCC(O)CNCC(C)(C)C. The third-order valence-electron chi connectivity index (χ3n) is 2.99. The molecule has 1 atom stereocenters. The molecule has 0 rings (SSSR count). The third-order valence-corrected chi connectivity index (χ3v) is 2.99. The fraction of sp³-hybridized carbons (Fsp3) is 1.00. The zero-order valence-electron chi connectivity index (χ0n) is 13.5. The lowest BCUT2D eigenvalue weighted by Crippen LogP contribution is -2.35. The van der Waals surface area contributed by atoms with Gasteiger partial charge in [-0.1, -0.05) is 59.8 Å². The summed E-state index contributed by atoms with van der Waals surface area (Å²) in [5.74, 6) is 0. The van der Waals surface area contributed by atoms with E-state index in [1.54, 1.807) is 0 Å². The molecule has 0 aliphatic rings. The predicted molar refractivity (Wildman–Crippen MR) is 82.5 cm³/mol. The molecule has 0 spiro atoms. The molecule has 0 saturated heterocycles. The van der Waals surface area contributed by atoms with Gasteiger partial charge in [0.2, 0.25) is 0 Å². The first kappa shape index (κ1) is 18.9. The van der Waals surface area contributed by atoms with Gasteiger partial charge in [0.05, 0.1) is 12.7 Å². The first-order valence-electron chi connectivity index (χ1n) is 7.92. The number of aliphatic hydroxyl groups excluding tert-OH is 1. The van der Waals surface area contributed by atoms with Crippen LogP contribution in [-0.2, 0) is 4.74 Å². The van der Waals surface area contributed by atoms with Crippen molar-refractivity contribution in [3.8, 4) is 0 Å². The Morgan fingerprint density at radius 3 is 2.32 bits per heavy atom. The highest BCUT2D eigenvalue weighted by Gasteiger charge is 2.10. The molecule has 0 aromatic rings. The average Bonchev–Trinajstić information content (AvgIpc) is 2.31. The lowest BCUT2D eigenvalue weighted by molar-refractivity contribution is 0.0346. The normalized spacial score (nSPS) is 13.7. The first-order chi connectivity index (χ1) is 8.95.